The largest absolute Gasteiger partial charge is 0.311 e. The van der Waals surface area contributed by atoms with Gasteiger partial charge in [0, 0.05) is 24.6 Å². The van der Waals surface area contributed by atoms with Gasteiger partial charge in [0.1, 0.15) is 0 Å². The van der Waals surface area contributed by atoms with Crippen LogP contribution >= 0.6 is 0 Å². The number of carbonyl (C=O) groups is 1. The van der Waals surface area contributed by atoms with Gasteiger partial charge < -0.3 is 4.90 Å². The standard InChI is InChI=1S/C18H19N3O/c1-14-6-3-8-17(15(14)2)21(11-5-9-19)18(22)12-16-7-4-10-20-13-16/h3-4,6-8,10,13H,5,11-12H2,1-2H3. The monoisotopic (exact) mass is 293 g/mol. The summed E-state index contributed by atoms with van der Waals surface area (Å²) in [5, 5.41) is 8.86. The molecule has 0 aliphatic rings. The third kappa shape index (κ3) is 3.70. The molecule has 112 valence electrons. The lowest BCUT2D eigenvalue weighted by molar-refractivity contribution is -0.118. The second kappa shape index (κ2) is 7.37. The number of carbonyl (C=O) groups excluding carboxylic acids is 1. The summed E-state index contributed by atoms with van der Waals surface area (Å²) in [6, 6.07) is 11.7. The number of aromatic nitrogens is 1. The number of anilines is 1. The van der Waals surface area contributed by atoms with E-state index in [9.17, 15) is 4.79 Å². The van der Waals surface area contributed by atoms with E-state index in [1.54, 1.807) is 17.3 Å². The van der Waals surface area contributed by atoms with Crippen LogP contribution in [0.4, 0.5) is 5.69 Å². The Bertz CT molecular complexity index is 689. The number of hydrogen-bond donors (Lipinski definition) is 0. The highest BCUT2D eigenvalue weighted by Crippen LogP contribution is 2.23. The zero-order valence-electron chi connectivity index (χ0n) is 12.9. The predicted molar refractivity (Wildman–Crippen MR) is 86.4 cm³/mol. The molecule has 0 aliphatic heterocycles. The van der Waals surface area contributed by atoms with Gasteiger partial charge in [0.25, 0.3) is 0 Å². The third-order valence-electron chi connectivity index (χ3n) is 3.69. The summed E-state index contributed by atoms with van der Waals surface area (Å²) in [5.74, 6) is -0.0167. The molecule has 1 aromatic heterocycles. The van der Waals surface area contributed by atoms with Gasteiger partial charge in [-0.05, 0) is 42.7 Å². The van der Waals surface area contributed by atoms with Gasteiger partial charge in [0.15, 0.2) is 0 Å². The Hall–Kier alpha value is -2.67. The topological polar surface area (TPSA) is 57.0 Å². The van der Waals surface area contributed by atoms with Crippen LogP contribution in [0.25, 0.3) is 0 Å². The van der Waals surface area contributed by atoms with Crippen molar-refractivity contribution in [3.05, 3.63) is 59.4 Å². The first-order chi connectivity index (χ1) is 10.6. The summed E-state index contributed by atoms with van der Waals surface area (Å²) < 4.78 is 0. The first-order valence-corrected chi connectivity index (χ1v) is 7.26. The number of aryl methyl sites for hydroxylation is 1. The second-order valence-electron chi connectivity index (χ2n) is 5.21. The molecule has 1 amide bonds. The van der Waals surface area contributed by atoms with Gasteiger partial charge >= 0.3 is 0 Å². The van der Waals surface area contributed by atoms with E-state index < -0.39 is 0 Å². The van der Waals surface area contributed by atoms with Crippen LogP contribution in [-0.4, -0.2) is 17.4 Å². The maximum atomic E-state index is 12.7. The first kappa shape index (κ1) is 15.7. The summed E-state index contributed by atoms with van der Waals surface area (Å²) >= 11 is 0. The highest BCUT2D eigenvalue weighted by Gasteiger charge is 2.18. The molecular formula is C18H19N3O. The lowest BCUT2D eigenvalue weighted by Crippen LogP contribution is -2.33. The van der Waals surface area contributed by atoms with Gasteiger partial charge in [-0.1, -0.05) is 18.2 Å². The average molecular weight is 293 g/mol. The van der Waals surface area contributed by atoms with Gasteiger partial charge in [-0.15, -0.1) is 0 Å². The quantitative estimate of drug-likeness (QED) is 0.850. The van der Waals surface area contributed by atoms with Crippen LogP contribution in [0.5, 0.6) is 0 Å². The number of rotatable bonds is 5. The summed E-state index contributed by atoms with van der Waals surface area (Å²) in [7, 11) is 0. The molecule has 0 aliphatic carbocycles. The van der Waals surface area contributed by atoms with E-state index in [4.69, 9.17) is 5.26 Å². The Balaban J connectivity index is 2.27. The van der Waals surface area contributed by atoms with Crippen LogP contribution in [0, 0.1) is 25.2 Å². The van der Waals surface area contributed by atoms with Crippen LogP contribution in [0.2, 0.25) is 0 Å². The van der Waals surface area contributed by atoms with E-state index >= 15 is 0 Å². The summed E-state index contributed by atoms with van der Waals surface area (Å²) in [5.41, 5.74) is 3.96. The molecule has 1 aromatic carbocycles. The van der Waals surface area contributed by atoms with Crippen molar-refractivity contribution in [1.29, 1.82) is 5.26 Å². The second-order valence-corrected chi connectivity index (χ2v) is 5.21. The Kier molecular flexibility index (Phi) is 5.26. The van der Waals surface area contributed by atoms with Gasteiger partial charge in [0.05, 0.1) is 18.9 Å². The van der Waals surface area contributed by atoms with E-state index in [0.29, 0.717) is 13.0 Å². The fraction of sp³-hybridized carbons (Fsp3) is 0.278. The highest BCUT2D eigenvalue weighted by molar-refractivity contribution is 5.95. The maximum Gasteiger partial charge on any atom is 0.231 e. The third-order valence-corrected chi connectivity index (χ3v) is 3.69. The molecular weight excluding hydrogens is 274 g/mol. The number of nitriles is 1. The lowest BCUT2D eigenvalue weighted by Gasteiger charge is -2.24. The molecule has 4 nitrogen and oxygen atoms in total. The molecule has 0 atom stereocenters. The SMILES string of the molecule is Cc1cccc(N(CCC#N)C(=O)Cc2cccnc2)c1C. The number of pyridine rings is 1. The minimum atomic E-state index is -0.0167. The first-order valence-electron chi connectivity index (χ1n) is 7.26. The van der Waals surface area contributed by atoms with Crippen LogP contribution in [0.3, 0.4) is 0 Å². The Morgan fingerprint density at radius 2 is 2.09 bits per heavy atom. The Morgan fingerprint density at radius 1 is 1.27 bits per heavy atom. The zero-order chi connectivity index (χ0) is 15.9. The van der Waals surface area contributed by atoms with Gasteiger partial charge in [0.2, 0.25) is 5.91 Å². The van der Waals surface area contributed by atoms with Crippen molar-refractivity contribution in [3.8, 4) is 6.07 Å². The summed E-state index contributed by atoms with van der Waals surface area (Å²) in [4.78, 5) is 18.4. The van der Waals surface area contributed by atoms with E-state index in [-0.39, 0.29) is 12.3 Å². The minimum Gasteiger partial charge on any atom is -0.311 e. The molecule has 0 fully saturated rings. The molecule has 0 saturated carbocycles. The Morgan fingerprint density at radius 3 is 2.77 bits per heavy atom. The fourth-order valence-corrected chi connectivity index (χ4v) is 2.34. The van der Waals surface area contributed by atoms with Crippen LogP contribution in [0.1, 0.15) is 23.1 Å². The van der Waals surface area contributed by atoms with Crippen molar-refractivity contribution >= 4 is 11.6 Å². The number of amides is 1. The number of nitrogens with zero attached hydrogens (tertiary/aromatic N) is 3. The summed E-state index contributed by atoms with van der Waals surface area (Å²) in [6.07, 6.45) is 3.98. The van der Waals surface area contributed by atoms with Crippen LogP contribution in [-0.2, 0) is 11.2 Å². The van der Waals surface area contributed by atoms with Crippen molar-refractivity contribution in [3.63, 3.8) is 0 Å². The molecule has 2 rings (SSSR count). The molecule has 0 saturated heterocycles. The van der Waals surface area contributed by atoms with E-state index in [2.05, 4.69) is 11.1 Å². The molecule has 0 bridgehead atoms. The van der Waals surface area contributed by atoms with E-state index in [1.807, 2.05) is 44.2 Å². The van der Waals surface area contributed by atoms with Crippen molar-refractivity contribution in [2.45, 2.75) is 26.7 Å². The van der Waals surface area contributed by atoms with Crippen molar-refractivity contribution < 1.29 is 4.79 Å². The van der Waals surface area contributed by atoms with E-state index in [1.165, 1.54) is 0 Å². The molecule has 2 aromatic rings. The van der Waals surface area contributed by atoms with E-state index in [0.717, 1.165) is 22.4 Å². The smallest absolute Gasteiger partial charge is 0.231 e. The summed E-state index contributed by atoms with van der Waals surface area (Å²) in [6.45, 7) is 4.42. The number of hydrogen-bond acceptors (Lipinski definition) is 3. The zero-order valence-corrected chi connectivity index (χ0v) is 12.9. The predicted octanol–water partition coefficient (Wildman–Crippen LogP) is 3.19. The fourth-order valence-electron chi connectivity index (χ4n) is 2.34. The molecule has 4 heteroatoms. The van der Waals surface area contributed by atoms with Crippen LogP contribution in [0.15, 0.2) is 42.7 Å². The van der Waals surface area contributed by atoms with Gasteiger partial charge in [-0.2, -0.15) is 5.26 Å². The van der Waals surface area contributed by atoms with Crippen molar-refractivity contribution in [2.24, 2.45) is 0 Å². The average Bonchev–Trinajstić information content (AvgIpc) is 2.52. The molecule has 1 heterocycles. The molecule has 0 radical (unpaired) electrons. The van der Waals surface area contributed by atoms with Gasteiger partial charge in [-0.3, -0.25) is 9.78 Å². The normalized spacial score (nSPS) is 10.0. The molecule has 0 N–H and O–H groups in total. The number of benzene rings is 1. The minimum absolute atomic E-state index is 0.0167. The lowest BCUT2D eigenvalue weighted by atomic mass is 10.1. The molecule has 0 unspecified atom stereocenters. The maximum absolute atomic E-state index is 12.7. The molecule has 22 heavy (non-hydrogen) atoms. The van der Waals surface area contributed by atoms with Crippen molar-refractivity contribution in [1.82, 2.24) is 4.98 Å². The van der Waals surface area contributed by atoms with Gasteiger partial charge in [-0.25, -0.2) is 0 Å². The highest BCUT2D eigenvalue weighted by atomic mass is 16.2. The van der Waals surface area contributed by atoms with Crippen molar-refractivity contribution in [2.75, 3.05) is 11.4 Å². The molecule has 0 spiro atoms. The Labute approximate surface area is 131 Å². The van der Waals surface area contributed by atoms with Crippen LogP contribution < -0.4 is 4.90 Å².